The van der Waals surface area contributed by atoms with Gasteiger partial charge in [-0.2, -0.15) is 0 Å². The molecule has 0 bridgehead atoms. The fourth-order valence-electron chi connectivity index (χ4n) is 5.08. The average Bonchev–Trinajstić information content (AvgIpc) is 3.42. The number of carboxylic acids is 1. The molecule has 1 fully saturated rings. The van der Waals surface area contributed by atoms with E-state index in [0.29, 0.717) is 13.2 Å². The molecule has 38 heavy (non-hydrogen) atoms. The fourth-order valence-corrected chi connectivity index (χ4v) is 5.08. The summed E-state index contributed by atoms with van der Waals surface area (Å²) in [6, 6.07) is 23.9. The number of hydrogen-bond donors (Lipinski definition) is 1. The molecular weight excluding hydrogens is 482 g/mol. The Morgan fingerprint density at radius 1 is 0.842 bits per heavy atom. The molecule has 1 N–H and O–H groups in total. The minimum absolute atomic E-state index is 0.0899. The van der Waals surface area contributed by atoms with Crippen molar-refractivity contribution in [2.24, 2.45) is 0 Å². The maximum atomic E-state index is 11.1. The largest absolute Gasteiger partial charge is 0.497 e. The molecule has 1 heterocycles. The van der Waals surface area contributed by atoms with Gasteiger partial charge in [0.1, 0.15) is 22.8 Å². The summed E-state index contributed by atoms with van der Waals surface area (Å²) in [6.07, 6.45) is 4.97. The zero-order valence-corrected chi connectivity index (χ0v) is 22.1. The Morgan fingerprint density at radius 2 is 1.29 bits per heavy atom. The molecule has 7 nitrogen and oxygen atoms in total. The van der Waals surface area contributed by atoms with E-state index in [1.807, 2.05) is 72.8 Å². The quantitative estimate of drug-likeness (QED) is 0.264. The van der Waals surface area contributed by atoms with Crippen LogP contribution in [-0.2, 0) is 15.1 Å². The highest BCUT2D eigenvalue weighted by molar-refractivity contribution is 5.79. The van der Waals surface area contributed by atoms with Crippen LogP contribution < -0.4 is 14.2 Å². The summed E-state index contributed by atoms with van der Waals surface area (Å²) in [4.78, 5) is 13.3. The van der Waals surface area contributed by atoms with Crippen molar-refractivity contribution in [1.82, 2.24) is 4.90 Å². The molecular formula is C31H35NO6. The number of benzene rings is 3. The molecule has 1 unspecified atom stereocenters. The van der Waals surface area contributed by atoms with E-state index >= 15 is 0 Å². The van der Waals surface area contributed by atoms with Crippen molar-refractivity contribution in [2.75, 3.05) is 41.0 Å². The molecule has 0 aliphatic carbocycles. The third-order valence-electron chi connectivity index (χ3n) is 7.06. The highest BCUT2D eigenvalue weighted by atomic mass is 16.5. The highest BCUT2D eigenvalue weighted by Crippen LogP contribution is 2.42. The number of carbonyl (C=O) groups is 1. The Balaban J connectivity index is 1.74. The predicted molar refractivity (Wildman–Crippen MR) is 146 cm³/mol. The molecule has 0 aromatic heterocycles. The molecule has 0 amide bonds. The highest BCUT2D eigenvalue weighted by Gasteiger charge is 2.38. The van der Waals surface area contributed by atoms with Gasteiger partial charge in [-0.1, -0.05) is 42.5 Å². The maximum absolute atomic E-state index is 11.1. The lowest BCUT2D eigenvalue weighted by Gasteiger charge is -2.37. The summed E-state index contributed by atoms with van der Waals surface area (Å²) in [5.41, 5.74) is 1.95. The molecule has 1 aliphatic rings. The van der Waals surface area contributed by atoms with Crippen LogP contribution in [0.15, 0.2) is 84.9 Å². The lowest BCUT2D eigenvalue weighted by atomic mass is 9.80. The number of likely N-dealkylation sites (tertiary alicyclic amines) is 1. The molecule has 200 valence electrons. The number of rotatable bonds is 12. The zero-order chi connectivity index (χ0) is 27.0. The van der Waals surface area contributed by atoms with Crippen LogP contribution in [0.1, 0.15) is 29.5 Å². The van der Waals surface area contributed by atoms with Crippen molar-refractivity contribution in [2.45, 2.75) is 24.5 Å². The van der Waals surface area contributed by atoms with Crippen LogP contribution in [0.3, 0.4) is 0 Å². The molecule has 1 atom stereocenters. The van der Waals surface area contributed by atoms with Gasteiger partial charge in [0.25, 0.3) is 0 Å². The Morgan fingerprint density at radius 3 is 1.68 bits per heavy atom. The topological polar surface area (TPSA) is 77.5 Å². The van der Waals surface area contributed by atoms with Crippen LogP contribution in [0.25, 0.3) is 0 Å². The van der Waals surface area contributed by atoms with E-state index in [0.717, 1.165) is 53.3 Å². The third kappa shape index (κ3) is 6.01. The van der Waals surface area contributed by atoms with E-state index in [1.165, 1.54) is 6.08 Å². The first-order valence-electron chi connectivity index (χ1n) is 12.7. The van der Waals surface area contributed by atoms with Gasteiger partial charge in [0, 0.05) is 18.7 Å². The first-order chi connectivity index (χ1) is 18.5. The molecule has 1 aliphatic heterocycles. The number of aliphatic carboxylic acids is 1. The molecule has 4 rings (SSSR count). The van der Waals surface area contributed by atoms with Gasteiger partial charge in [0.05, 0.1) is 27.9 Å². The van der Waals surface area contributed by atoms with Crippen molar-refractivity contribution in [3.63, 3.8) is 0 Å². The van der Waals surface area contributed by atoms with Crippen molar-refractivity contribution in [1.29, 1.82) is 0 Å². The predicted octanol–water partition coefficient (Wildman–Crippen LogP) is 5.13. The number of hydrogen-bond acceptors (Lipinski definition) is 6. The molecule has 7 heteroatoms. The van der Waals surface area contributed by atoms with E-state index in [9.17, 15) is 4.79 Å². The molecule has 0 saturated carbocycles. The third-order valence-corrected chi connectivity index (χ3v) is 7.06. The molecule has 0 radical (unpaired) electrons. The Bertz CT molecular complexity index is 1090. The number of methoxy groups -OCH3 is 3. The van der Waals surface area contributed by atoms with Gasteiger partial charge >= 0.3 is 5.97 Å². The minimum Gasteiger partial charge on any atom is -0.497 e. The van der Waals surface area contributed by atoms with Gasteiger partial charge in [-0.3, -0.25) is 4.90 Å². The number of carboxylic acid groups (broad SMARTS) is 1. The van der Waals surface area contributed by atoms with E-state index in [1.54, 1.807) is 27.4 Å². The van der Waals surface area contributed by atoms with Crippen molar-refractivity contribution < 1.29 is 28.8 Å². The van der Waals surface area contributed by atoms with E-state index in [2.05, 4.69) is 4.90 Å². The van der Waals surface area contributed by atoms with Gasteiger partial charge in [-0.05, 0) is 72.5 Å². The van der Waals surface area contributed by atoms with Gasteiger partial charge in [-0.15, -0.1) is 0 Å². The lowest BCUT2D eigenvalue weighted by Crippen LogP contribution is -2.37. The Hall–Kier alpha value is -3.81. The number of ether oxygens (including phenoxy) is 4. The molecule has 3 aromatic carbocycles. The van der Waals surface area contributed by atoms with Gasteiger partial charge in [-0.25, -0.2) is 4.79 Å². The Labute approximate surface area is 224 Å². The van der Waals surface area contributed by atoms with Gasteiger partial charge < -0.3 is 24.1 Å². The first kappa shape index (κ1) is 27.2. The summed E-state index contributed by atoms with van der Waals surface area (Å²) in [7, 11) is 4.95. The van der Waals surface area contributed by atoms with Gasteiger partial charge in [0.15, 0.2) is 0 Å². The molecule has 0 spiro atoms. The summed E-state index contributed by atoms with van der Waals surface area (Å²) >= 11 is 0. The second-order valence-electron chi connectivity index (χ2n) is 9.16. The first-order valence-corrected chi connectivity index (χ1v) is 12.7. The van der Waals surface area contributed by atoms with Crippen LogP contribution in [0.4, 0.5) is 0 Å². The average molecular weight is 518 g/mol. The minimum atomic E-state index is -0.925. The summed E-state index contributed by atoms with van der Waals surface area (Å²) < 4.78 is 23.2. The monoisotopic (exact) mass is 517 g/mol. The smallest absolute Gasteiger partial charge is 0.328 e. The van der Waals surface area contributed by atoms with Crippen LogP contribution in [0.2, 0.25) is 0 Å². The standard InChI is InChI=1S/C31H35NO6/c1-35-27-13-6-23(7-14-27)31(24-8-15-28(36-2)16-9-24,25-10-17-29(37-3)18-11-25)38-22-21-32-20-4-5-26(32)12-19-30(33)34/h6-19,26H,4-5,20-22H2,1-3H3,(H,33,34)/b19-12-. The van der Waals surface area contributed by atoms with Crippen molar-refractivity contribution in [3.05, 3.63) is 102 Å². The van der Waals surface area contributed by atoms with Crippen LogP contribution in [0, 0.1) is 0 Å². The van der Waals surface area contributed by atoms with E-state index < -0.39 is 11.6 Å². The van der Waals surface area contributed by atoms with Crippen LogP contribution in [-0.4, -0.2) is 63.0 Å². The fraction of sp³-hybridized carbons (Fsp3) is 0.323. The second-order valence-corrected chi connectivity index (χ2v) is 9.16. The normalized spacial score (nSPS) is 16.0. The summed E-state index contributed by atoms with van der Waals surface area (Å²) in [5, 5.41) is 9.08. The molecule has 3 aromatic rings. The second kappa shape index (κ2) is 12.6. The summed E-state index contributed by atoms with van der Waals surface area (Å²) in [5.74, 6) is 1.36. The lowest BCUT2D eigenvalue weighted by molar-refractivity contribution is -0.131. The SMILES string of the molecule is COc1ccc(C(OCCN2CCCC2/C=C\C(=O)O)(c2ccc(OC)cc2)c2ccc(OC)cc2)cc1. The molecule has 1 saturated heterocycles. The van der Waals surface area contributed by atoms with Crippen molar-refractivity contribution in [3.8, 4) is 17.2 Å². The zero-order valence-electron chi connectivity index (χ0n) is 22.1. The Kier molecular flexibility index (Phi) is 9.05. The van der Waals surface area contributed by atoms with E-state index in [4.69, 9.17) is 24.1 Å². The van der Waals surface area contributed by atoms with Crippen LogP contribution >= 0.6 is 0 Å². The summed E-state index contributed by atoms with van der Waals surface area (Å²) in [6.45, 7) is 2.00. The van der Waals surface area contributed by atoms with E-state index in [-0.39, 0.29) is 6.04 Å². The van der Waals surface area contributed by atoms with Crippen molar-refractivity contribution >= 4 is 5.97 Å². The maximum Gasteiger partial charge on any atom is 0.328 e. The van der Waals surface area contributed by atoms with Crippen LogP contribution in [0.5, 0.6) is 17.2 Å². The van der Waals surface area contributed by atoms with Gasteiger partial charge in [0.2, 0.25) is 0 Å². The number of nitrogens with zero attached hydrogens (tertiary/aromatic N) is 1.